The maximum Gasteiger partial charge on any atom is 0.0170 e. The van der Waals surface area contributed by atoms with Crippen LogP contribution in [0.25, 0.3) is 0 Å². The minimum Gasteiger partial charge on any atom is -0.310 e. The lowest BCUT2D eigenvalue weighted by Crippen LogP contribution is -2.50. The predicted molar refractivity (Wildman–Crippen MR) is 66.2 cm³/mol. The van der Waals surface area contributed by atoms with Crippen molar-refractivity contribution >= 4 is 0 Å². The summed E-state index contributed by atoms with van der Waals surface area (Å²) in [6.07, 6.45) is 9.07. The molecule has 0 amide bonds. The minimum atomic E-state index is 0.789. The van der Waals surface area contributed by atoms with Crippen LogP contribution in [0.5, 0.6) is 0 Å². The summed E-state index contributed by atoms with van der Waals surface area (Å²) in [6.45, 7) is 4.96. The molecule has 16 heavy (non-hydrogen) atoms. The number of hydrogen-bond donors (Lipinski definition) is 1. The molecular weight excluding hydrogens is 194 g/mol. The summed E-state index contributed by atoms with van der Waals surface area (Å²) in [5.74, 6) is 4.09. The van der Waals surface area contributed by atoms with Gasteiger partial charge in [0.2, 0.25) is 0 Å². The Balaban J connectivity index is 1.61. The molecule has 0 aromatic carbocycles. The second-order valence-corrected chi connectivity index (χ2v) is 7.20. The molecule has 1 nitrogen and oxygen atoms in total. The summed E-state index contributed by atoms with van der Waals surface area (Å²) >= 11 is 0. The highest BCUT2D eigenvalue weighted by Crippen LogP contribution is 2.73. The van der Waals surface area contributed by atoms with E-state index < -0.39 is 0 Å². The van der Waals surface area contributed by atoms with Crippen molar-refractivity contribution in [2.45, 2.75) is 64.5 Å². The van der Waals surface area contributed by atoms with Crippen molar-refractivity contribution < 1.29 is 0 Å². The van der Waals surface area contributed by atoms with Crippen LogP contribution in [0.4, 0.5) is 0 Å². The Morgan fingerprint density at radius 1 is 1.06 bits per heavy atom. The van der Waals surface area contributed by atoms with Gasteiger partial charge >= 0.3 is 0 Å². The fraction of sp³-hybridized carbons (Fsp3) is 1.00. The SMILES string of the molecule is CC1CCCCCC23C4C[C@@H](C)C4NC2[C@@H]13. The zero-order valence-corrected chi connectivity index (χ0v) is 10.7. The van der Waals surface area contributed by atoms with Gasteiger partial charge in [0.1, 0.15) is 0 Å². The van der Waals surface area contributed by atoms with E-state index in [0.29, 0.717) is 0 Å². The van der Waals surface area contributed by atoms with Gasteiger partial charge in [0.05, 0.1) is 0 Å². The summed E-state index contributed by atoms with van der Waals surface area (Å²) in [4.78, 5) is 0. The topological polar surface area (TPSA) is 12.0 Å². The van der Waals surface area contributed by atoms with Gasteiger partial charge < -0.3 is 5.32 Å². The summed E-state index contributed by atoms with van der Waals surface area (Å²) in [7, 11) is 0. The van der Waals surface area contributed by atoms with E-state index in [9.17, 15) is 0 Å². The van der Waals surface area contributed by atoms with Gasteiger partial charge in [0, 0.05) is 12.1 Å². The molecular formula is C15H25N. The zero-order chi connectivity index (χ0) is 10.9. The van der Waals surface area contributed by atoms with Crippen molar-refractivity contribution in [3.8, 4) is 0 Å². The molecule has 5 unspecified atom stereocenters. The van der Waals surface area contributed by atoms with E-state index in [4.69, 9.17) is 0 Å². The second kappa shape index (κ2) is 3.04. The van der Waals surface area contributed by atoms with Crippen molar-refractivity contribution in [1.82, 2.24) is 5.32 Å². The first-order chi connectivity index (χ1) is 7.75. The first-order valence-electron chi connectivity index (χ1n) is 7.51. The summed E-state index contributed by atoms with van der Waals surface area (Å²) < 4.78 is 0. The molecule has 0 bridgehead atoms. The monoisotopic (exact) mass is 219 g/mol. The van der Waals surface area contributed by atoms with Crippen LogP contribution in [-0.4, -0.2) is 12.1 Å². The molecule has 0 aromatic rings. The predicted octanol–water partition coefficient (Wildman–Crippen LogP) is 3.20. The smallest absolute Gasteiger partial charge is 0.0170 e. The van der Waals surface area contributed by atoms with Crippen LogP contribution in [0.1, 0.15) is 52.4 Å². The Hall–Kier alpha value is -0.0400. The molecule has 3 saturated carbocycles. The third kappa shape index (κ3) is 0.978. The van der Waals surface area contributed by atoms with E-state index in [2.05, 4.69) is 19.2 Å². The molecule has 0 radical (unpaired) electrons. The van der Waals surface area contributed by atoms with Crippen molar-refractivity contribution in [2.24, 2.45) is 29.1 Å². The molecule has 1 saturated heterocycles. The lowest BCUT2D eigenvalue weighted by molar-refractivity contribution is 0.0649. The van der Waals surface area contributed by atoms with E-state index >= 15 is 0 Å². The molecule has 4 rings (SSSR count). The number of rotatable bonds is 0. The highest BCUT2D eigenvalue weighted by Gasteiger charge is 2.76. The molecule has 1 N–H and O–H groups in total. The average molecular weight is 219 g/mol. The molecule has 1 spiro atoms. The van der Waals surface area contributed by atoms with Crippen LogP contribution in [0, 0.1) is 29.1 Å². The summed E-state index contributed by atoms with van der Waals surface area (Å²) in [6, 6.07) is 1.84. The van der Waals surface area contributed by atoms with Gasteiger partial charge in [-0.15, -0.1) is 0 Å². The number of fused-ring (bicyclic) bond motifs is 2. The van der Waals surface area contributed by atoms with Crippen molar-refractivity contribution in [2.75, 3.05) is 0 Å². The van der Waals surface area contributed by atoms with Gasteiger partial charge in [0.15, 0.2) is 0 Å². The second-order valence-electron chi connectivity index (χ2n) is 7.20. The molecule has 3 aliphatic carbocycles. The van der Waals surface area contributed by atoms with Gasteiger partial charge in [-0.1, -0.05) is 39.5 Å². The van der Waals surface area contributed by atoms with E-state index in [0.717, 1.165) is 41.2 Å². The first-order valence-corrected chi connectivity index (χ1v) is 7.51. The molecule has 1 heteroatoms. The Labute approximate surface area is 99.4 Å². The van der Waals surface area contributed by atoms with Crippen molar-refractivity contribution in [3.05, 3.63) is 0 Å². The van der Waals surface area contributed by atoms with E-state index in [1.165, 1.54) is 32.1 Å². The van der Waals surface area contributed by atoms with Crippen LogP contribution in [0.15, 0.2) is 0 Å². The fourth-order valence-corrected chi connectivity index (χ4v) is 5.78. The number of hydrogen-bond acceptors (Lipinski definition) is 1. The van der Waals surface area contributed by atoms with Crippen LogP contribution in [0.3, 0.4) is 0 Å². The molecule has 0 aromatic heterocycles. The van der Waals surface area contributed by atoms with Gasteiger partial charge in [-0.05, 0) is 41.9 Å². The fourth-order valence-electron chi connectivity index (χ4n) is 5.78. The lowest BCUT2D eigenvalue weighted by atomic mass is 9.62. The molecule has 4 aliphatic rings. The largest absolute Gasteiger partial charge is 0.310 e. The standard InChI is InChI=1S/C15H25N/c1-9-6-4-3-5-7-15-11-8-10(2)13(11)16-14(15)12(9)15/h9-14,16H,3-8H2,1-2H3/t9?,10-,11?,12-,13?,14?,15?/m1/s1. The molecule has 90 valence electrons. The molecule has 1 aliphatic heterocycles. The third-order valence-electron chi connectivity index (χ3n) is 6.57. The average Bonchev–Trinajstić information content (AvgIpc) is 2.78. The van der Waals surface area contributed by atoms with Crippen LogP contribution >= 0.6 is 0 Å². The Morgan fingerprint density at radius 2 is 1.94 bits per heavy atom. The van der Waals surface area contributed by atoms with Gasteiger partial charge in [-0.25, -0.2) is 0 Å². The van der Waals surface area contributed by atoms with Crippen molar-refractivity contribution in [1.29, 1.82) is 0 Å². The highest BCUT2D eigenvalue weighted by atomic mass is 15.2. The van der Waals surface area contributed by atoms with Crippen LogP contribution in [0.2, 0.25) is 0 Å². The first kappa shape index (κ1) is 9.94. The van der Waals surface area contributed by atoms with Gasteiger partial charge in [-0.3, -0.25) is 0 Å². The van der Waals surface area contributed by atoms with E-state index in [-0.39, 0.29) is 0 Å². The Morgan fingerprint density at radius 3 is 2.75 bits per heavy atom. The number of nitrogens with one attached hydrogen (secondary N) is 1. The maximum absolute atomic E-state index is 4.00. The Kier molecular flexibility index (Phi) is 1.89. The third-order valence-corrected chi connectivity index (χ3v) is 6.57. The van der Waals surface area contributed by atoms with Crippen molar-refractivity contribution in [3.63, 3.8) is 0 Å². The van der Waals surface area contributed by atoms with Gasteiger partial charge in [0.25, 0.3) is 0 Å². The summed E-state index contributed by atoms with van der Waals surface area (Å²) in [5, 5.41) is 4.00. The van der Waals surface area contributed by atoms with E-state index in [1.807, 2.05) is 0 Å². The zero-order valence-electron chi connectivity index (χ0n) is 10.7. The molecule has 7 atom stereocenters. The molecule has 4 fully saturated rings. The van der Waals surface area contributed by atoms with Crippen LogP contribution in [-0.2, 0) is 0 Å². The van der Waals surface area contributed by atoms with Gasteiger partial charge in [-0.2, -0.15) is 0 Å². The normalized spacial score (nSPS) is 63.4. The lowest BCUT2D eigenvalue weighted by Gasteiger charge is -2.46. The Bertz CT molecular complexity index is 313. The summed E-state index contributed by atoms with van der Waals surface area (Å²) in [5.41, 5.74) is 0.789. The minimum absolute atomic E-state index is 0.789. The maximum atomic E-state index is 4.00. The quantitative estimate of drug-likeness (QED) is 0.660. The van der Waals surface area contributed by atoms with Crippen LogP contribution < -0.4 is 5.32 Å². The highest BCUT2D eigenvalue weighted by molar-refractivity contribution is 5.29. The number of piperidine rings is 1. The van der Waals surface area contributed by atoms with E-state index in [1.54, 1.807) is 6.42 Å². The molecule has 1 heterocycles.